The van der Waals surface area contributed by atoms with Crippen LogP contribution in [0.4, 0.5) is 0 Å². The summed E-state index contributed by atoms with van der Waals surface area (Å²) in [5.41, 5.74) is 8.70. The molecule has 0 bridgehead atoms. The summed E-state index contributed by atoms with van der Waals surface area (Å²) in [6.07, 6.45) is 0. The number of rotatable bonds is 8. The number of hydrogen-bond donors (Lipinski definition) is 0. The molecule has 0 spiro atoms. The molecule has 0 saturated heterocycles. The van der Waals surface area contributed by atoms with E-state index in [0.29, 0.717) is 43.0 Å². The first kappa shape index (κ1) is 35.3. The van der Waals surface area contributed by atoms with Crippen molar-refractivity contribution in [3.8, 4) is 0 Å². The fourth-order valence-corrected chi connectivity index (χ4v) is 13.8. The predicted octanol–water partition coefficient (Wildman–Crippen LogP) is 8.66. The van der Waals surface area contributed by atoms with Crippen molar-refractivity contribution in [2.45, 2.75) is 55.4 Å². The predicted molar refractivity (Wildman–Crippen MR) is 213 cm³/mol. The summed E-state index contributed by atoms with van der Waals surface area (Å²) in [7, 11) is -7.17. The summed E-state index contributed by atoms with van der Waals surface area (Å²) < 4.78 is 32.1. The first-order valence-corrected chi connectivity index (χ1v) is 20.4. The number of aryl methyl sites for hydroxylation is 8. The molecule has 0 amide bonds. The number of carbonyl (C=O) groups is 1. The van der Waals surface area contributed by atoms with Crippen molar-refractivity contribution in [1.82, 2.24) is 0 Å². The minimum absolute atomic E-state index is 0.306. The van der Waals surface area contributed by atoms with E-state index in [0.717, 1.165) is 44.5 Å². The van der Waals surface area contributed by atoms with Crippen LogP contribution in [-0.4, -0.2) is 5.78 Å². The van der Waals surface area contributed by atoms with Crippen LogP contribution in [-0.2, 0) is 9.13 Å². The molecule has 6 rings (SSSR count). The Hall–Kier alpha value is -4.55. The topological polar surface area (TPSA) is 51.2 Å². The lowest BCUT2D eigenvalue weighted by molar-refractivity contribution is 0.104. The quantitative estimate of drug-likeness (QED) is 0.118. The summed E-state index contributed by atoms with van der Waals surface area (Å²) >= 11 is 0. The van der Waals surface area contributed by atoms with E-state index in [4.69, 9.17) is 0 Å². The van der Waals surface area contributed by atoms with Gasteiger partial charge in [-0.2, -0.15) is 0 Å². The van der Waals surface area contributed by atoms with Crippen molar-refractivity contribution in [3.05, 3.63) is 177 Å². The van der Waals surface area contributed by atoms with Gasteiger partial charge in [0.25, 0.3) is 0 Å². The van der Waals surface area contributed by atoms with Gasteiger partial charge in [-0.3, -0.25) is 4.79 Å². The maximum absolute atomic E-state index is 16.1. The molecule has 50 heavy (non-hydrogen) atoms. The fourth-order valence-electron chi connectivity index (χ4n) is 7.41. The van der Waals surface area contributed by atoms with E-state index < -0.39 is 14.3 Å². The van der Waals surface area contributed by atoms with Crippen LogP contribution in [0.3, 0.4) is 0 Å². The van der Waals surface area contributed by atoms with Gasteiger partial charge in [-0.15, -0.1) is 0 Å². The molecule has 0 N–H and O–H groups in total. The summed E-state index contributed by atoms with van der Waals surface area (Å²) in [5.74, 6) is -0.306. The monoisotopic (exact) mass is 694 g/mol. The molecule has 6 aromatic carbocycles. The lowest BCUT2D eigenvalue weighted by atomic mass is 10.0. The Morgan fingerprint density at radius 1 is 0.360 bits per heavy atom. The molecular formula is C45H44O3P2. The van der Waals surface area contributed by atoms with Crippen LogP contribution < -0.4 is 31.8 Å². The normalized spacial score (nSPS) is 11.8. The van der Waals surface area contributed by atoms with Crippen molar-refractivity contribution in [3.63, 3.8) is 0 Å². The van der Waals surface area contributed by atoms with Crippen LogP contribution in [0.2, 0.25) is 0 Å². The number of hydrogen-bond acceptors (Lipinski definition) is 3. The lowest BCUT2D eigenvalue weighted by Crippen LogP contribution is -2.33. The molecule has 6 aromatic rings. The Balaban J connectivity index is 1.65. The first-order chi connectivity index (χ1) is 23.7. The SMILES string of the molecule is Cc1cc(C)cc(P(=O)(c2cc(C)cc(C)c2)c2ccccc2C(=O)c2ccccc2P(=O)(c2cc(C)cc(C)c2)c2cc(C)cc(C)c2)c1. The molecule has 0 saturated carbocycles. The van der Waals surface area contributed by atoms with Crippen LogP contribution in [0, 0.1) is 55.4 Å². The van der Waals surface area contributed by atoms with Crippen molar-refractivity contribution in [1.29, 1.82) is 0 Å². The van der Waals surface area contributed by atoms with Crippen LogP contribution in [0.1, 0.15) is 60.4 Å². The van der Waals surface area contributed by atoms with Crippen molar-refractivity contribution < 1.29 is 13.9 Å². The molecule has 0 aliphatic rings. The maximum atomic E-state index is 16.1. The zero-order valence-corrected chi connectivity index (χ0v) is 32.0. The molecule has 0 unspecified atom stereocenters. The molecule has 0 aliphatic carbocycles. The second kappa shape index (κ2) is 13.6. The van der Waals surface area contributed by atoms with Crippen LogP contribution in [0.25, 0.3) is 0 Å². The van der Waals surface area contributed by atoms with Gasteiger partial charge in [-0.1, -0.05) is 117 Å². The van der Waals surface area contributed by atoms with Crippen molar-refractivity contribution in [2.75, 3.05) is 0 Å². The Kier molecular flexibility index (Phi) is 9.62. The molecule has 0 atom stereocenters. The number of ketones is 1. The van der Waals surface area contributed by atoms with Gasteiger partial charge in [0.1, 0.15) is 0 Å². The molecule has 0 aromatic heterocycles. The summed E-state index contributed by atoms with van der Waals surface area (Å²) in [6, 6.07) is 38.7. The number of benzene rings is 6. The van der Waals surface area contributed by atoms with Gasteiger partial charge in [0.2, 0.25) is 0 Å². The van der Waals surface area contributed by atoms with Gasteiger partial charge >= 0.3 is 0 Å². The third-order valence-electron chi connectivity index (χ3n) is 9.26. The van der Waals surface area contributed by atoms with E-state index in [-0.39, 0.29) is 5.78 Å². The Morgan fingerprint density at radius 3 is 0.820 bits per heavy atom. The molecule has 0 heterocycles. The summed E-state index contributed by atoms with van der Waals surface area (Å²) in [4.78, 5) is 15.2. The highest BCUT2D eigenvalue weighted by molar-refractivity contribution is 7.86. The smallest absolute Gasteiger partial charge is 0.194 e. The minimum atomic E-state index is -3.58. The van der Waals surface area contributed by atoms with E-state index in [2.05, 4.69) is 24.3 Å². The average Bonchev–Trinajstić information content (AvgIpc) is 3.05. The van der Waals surface area contributed by atoms with Gasteiger partial charge in [-0.25, -0.2) is 0 Å². The second-order valence-corrected chi connectivity index (χ2v) is 19.4. The highest BCUT2D eigenvalue weighted by Crippen LogP contribution is 2.47. The lowest BCUT2D eigenvalue weighted by Gasteiger charge is -2.26. The Morgan fingerprint density at radius 2 is 0.580 bits per heavy atom. The van der Waals surface area contributed by atoms with E-state index in [1.165, 1.54) is 0 Å². The van der Waals surface area contributed by atoms with Gasteiger partial charge in [-0.05, 0) is 104 Å². The molecule has 0 aliphatic heterocycles. The van der Waals surface area contributed by atoms with E-state index in [9.17, 15) is 0 Å². The van der Waals surface area contributed by atoms with Crippen LogP contribution in [0.5, 0.6) is 0 Å². The Labute approximate surface area is 297 Å². The molecule has 252 valence electrons. The number of carbonyl (C=O) groups excluding carboxylic acids is 1. The van der Waals surface area contributed by atoms with Crippen LogP contribution in [0.15, 0.2) is 121 Å². The van der Waals surface area contributed by atoms with Crippen LogP contribution >= 0.6 is 14.3 Å². The Bertz CT molecular complexity index is 2040. The standard InChI is InChI=1S/C45H44O3P2/c1-29-17-30(2)22-37(21-29)49(47,38-23-31(3)18-32(4)24-38)43-15-11-9-13-41(43)45(46)42-14-10-12-16-44(42)50(48,39-25-33(5)19-34(6)26-39)40-27-35(7)20-36(8)28-40/h9-28H,1-8H3. The van der Waals surface area contributed by atoms with E-state index in [1.807, 2.05) is 140 Å². The maximum Gasteiger partial charge on any atom is 0.194 e. The fraction of sp³-hybridized carbons (Fsp3) is 0.178. The average molecular weight is 695 g/mol. The highest BCUT2D eigenvalue weighted by Gasteiger charge is 2.38. The summed E-state index contributed by atoms with van der Waals surface area (Å²) in [5, 5.41) is 3.69. The van der Waals surface area contributed by atoms with Gasteiger partial charge in [0, 0.05) is 43.0 Å². The first-order valence-electron chi connectivity index (χ1n) is 17.0. The largest absolute Gasteiger partial charge is 0.309 e. The third-order valence-corrected chi connectivity index (χ3v) is 15.3. The van der Waals surface area contributed by atoms with Crippen molar-refractivity contribution in [2.24, 2.45) is 0 Å². The zero-order valence-electron chi connectivity index (χ0n) is 30.2. The molecule has 0 fully saturated rings. The zero-order chi connectivity index (χ0) is 36.0. The summed E-state index contributed by atoms with van der Waals surface area (Å²) in [6.45, 7) is 16.1. The highest BCUT2D eigenvalue weighted by atomic mass is 31.2. The molecule has 3 nitrogen and oxygen atoms in total. The third kappa shape index (κ3) is 6.54. The van der Waals surface area contributed by atoms with Crippen molar-refractivity contribution >= 4 is 51.9 Å². The second-order valence-electron chi connectivity index (χ2n) is 14.0. The van der Waals surface area contributed by atoms with E-state index >= 15 is 13.9 Å². The van der Waals surface area contributed by atoms with Gasteiger partial charge in [0.15, 0.2) is 20.1 Å². The molecule has 0 radical (unpaired) electrons. The van der Waals surface area contributed by atoms with E-state index in [1.54, 1.807) is 12.1 Å². The van der Waals surface area contributed by atoms with Gasteiger partial charge in [0.05, 0.1) is 0 Å². The minimum Gasteiger partial charge on any atom is -0.309 e. The van der Waals surface area contributed by atoms with Gasteiger partial charge < -0.3 is 9.13 Å². The molecule has 5 heteroatoms. The molecular weight excluding hydrogens is 650 g/mol.